The molecule has 0 saturated heterocycles. The Kier molecular flexibility index (Phi) is 5.05. The third-order valence-corrected chi connectivity index (χ3v) is 4.45. The number of aryl methyl sites for hydroxylation is 2. The van der Waals surface area contributed by atoms with E-state index in [1.807, 2.05) is 32.5 Å². The number of hydrogen-bond donors (Lipinski definition) is 0. The summed E-state index contributed by atoms with van der Waals surface area (Å²) in [5.74, 6) is 0. The van der Waals surface area contributed by atoms with Crippen molar-refractivity contribution < 1.29 is 0 Å². The molecule has 0 spiro atoms. The maximum absolute atomic E-state index is 4.45. The van der Waals surface area contributed by atoms with Crippen LogP contribution in [0.4, 0.5) is 0 Å². The van der Waals surface area contributed by atoms with E-state index in [4.69, 9.17) is 0 Å². The molecule has 1 aromatic carbocycles. The molecule has 0 amide bonds. The van der Waals surface area contributed by atoms with Gasteiger partial charge in [-0.05, 0) is 86.1 Å². The third kappa shape index (κ3) is 3.53. The van der Waals surface area contributed by atoms with Crippen LogP contribution in [0.1, 0.15) is 43.4 Å². The van der Waals surface area contributed by atoms with Crippen molar-refractivity contribution in [3.8, 4) is 11.1 Å². The smallest absolute Gasteiger partial charge is 0.0585 e. The summed E-state index contributed by atoms with van der Waals surface area (Å²) < 4.78 is 0. The summed E-state index contributed by atoms with van der Waals surface area (Å²) in [6.45, 7) is 6.08. The van der Waals surface area contributed by atoms with Gasteiger partial charge in [0.2, 0.25) is 0 Å². The monoisotopic (exact) mass is 316 g/mol. The van der Waals surface area contributed by atoms with Crippen molar-refractivity contribution in [2.45, 2.75) is 40.0 Å². The molecule has 2 aromatic rings. The maximum Gasteiger partial charge on any atom is 0.0585 e. The van der Waals surface area contributed by atoms with E-state index < -0.39 is 0 Å². The molecule has 0 saturated carbocycles. The van der Waals surface area contributed by atoms with Crippen LogP contribution in [-0.4, -0.2) is 11.2 Å². The molecule has 0 bridgehead atoms. The van der Waals surface area contributed by atoms with E-state index in [1.165, 1.54) is 39.8 Å². The van der Waals surface area contributed by atoms with Gasteiger partial charge in [-0.2, -0.15) is 0 Å². The quantitative estimate of drug-likeness (QED) is 0.660. The summed E-state index contributed by atoms with van der Waals surface area (Å²) in [5.41, 5.74) is 8.83. The molecule has 122 valence electrons. The minimum atomic E-state index is 1.03. The maximum atomic E-state index is 4.45. The first-order valence-electron chi connectivity index (χ1n) is 8.62. The molecule has 3 rings (SSSR count). The van der Waals surface area contributed by atoms with Crippen LogP contribution in [0.25, 0.3) is 16.7 Å². The van der Waals surface area contributed by atoms with Crippen molar-refractivity contribution in [3.63, 3.8) is 0 Å². The molecule has 2 nitrogen and oxygen atoms in total. The number of fused-ring (bicyclic) bond motifs is 1. The van der Waals surface area contributed by atoms with Crippen molar-refractivity contribution in [1.29, 1.82) is 0 Å². The van der Waals surface area contributed by atoms with E-state index >= 15 is 0 Å². The van der Waals surface area contributed by atoms with Crippen LogP contribution >= 0.6 is 0 Å². The fraction of sp³-hybridized carbons (Fsp3) is 0.273. The number of nitrogens with zero attached hydrogens (tertiary/aromatic N) is 2. The Morgan fingerprint density at radius 2 is 1.96 bits per heavy atom. The zero-order chi connectivity index (χ0) is 16.9. The number of rotatable bonds is 3. The Labute approximate surface area is 144 Å². The van der Waals surface area contributed by atoms with E-state index in [0.29, 0.717) is 0 Å². The van der Waals surface area contributed by atoms with Crippen molar-refractivity contribution >= 4 is 11.8 Å². The lowest BCUT2D eigenvalue weighted by Crippen LogP contribution is -2.02. The van der Waals surface area contributed by atoms with Gasteiger partial charge in [0.05, 0.1) is 5.70 Å². The van der Waals surface area contributed by atoms with Crippen LogP contribution in [0.2, 0.25) is 0 Å². The van der Waals surface area contributed by atoms with Crippen LogP contribution in [0.3, 0.4) is 0 Å². The predicted molar refractivity (Wildman–Crippen MR) is 103 cm³/mol. The molecule has 1 aromatic heterocycles. The van der Waals surface area contributed by atoms with Gasteiger partial charge in [-0.3, -0.25) is 9.98 Å². The predicted octanol–water partition coefficient (Wildman–Crippen LogP) is 5.77. The number of benzene rings is 1. The van der Waals surface area contributed by atoms with Gasteiger partial charge >= 0.3 is 0 Å². The average molecular weight is 316 g/mol. The molecule has 1 heterocycles. The number of hydrogen-bond acceptors (Lipinski definition) is 2. The van der Waals surface area contributed by atoms with E-state index in [1.54, 1.807) is 0 Å². The second kappa shape index (κ2) is 7.39. The molecule has 2 heteroatoms. The Hall–Kier alpha value is -2.48. The van der Waals surface area contributed by atoms with Gasteiger partial charge in [-0.1, -0.05) is 18.2 Å². The van der Waals surface area contributed by atoms with Crippen LogP contribution in [0.15, 0.2) is 59.5 Å². The largest absolute Gasteiger partial charge is 0.264 e. The Morgan fingerprint density at radius 3 is 2.71 bits per heavy atom. The Bertz CT molecular complexity index is 826. The van der Waals surface area contributed by atoms with Gasteiger partial charge in [0.15, 0.2) is 0 Å². The summed E-state index contributed by atoms with van der Waals surface area (Å²) in [7, 11) is 0. The van der Waals surface area contributed by atoms with E-state index in [9.17, 15) is 0 Å². The lowest BCUT2D eigenvalue weighted by atomic mass is 9.85. The average Bonchev–Trinajstić information content (AvgIpc) is 2.61. The highest BCUT2D eigenvalue weighted by molar-refractivity contribution is 5.77. The minimum Gasteiger partial charge on any atom is -0.264 e. The van der Waals surface area contributed by atoms with Crippen molar-refractivity contribution in [2.75, 3.05) is 0 Å². The molecular formula is C22H24N2. The van der Waals surface area contributed by atoms with Gasteiger partial charge in [-0.15, -0.1) is 0 Å². The van der Waals surface area contributed by atoms with Crippen LogP contribution < -0.4 is 0 Å². The summed E-state index contributed by atoms with van der Waals surface area (Å²) in [4.78, 5) is 8.79. The molecule has 1 aliphatic carbocycles. The van der Waals surface area contributed by atoms with Crippen LogP contribution in [0.5, 0.6) is 0 Å². The zero-order valence-corrected chi connectivity index (χ0v) is 14.7. The number of aromatic nitrogens is 1. The first kappa shape index (κ1) is 16.4. The standard InChI is InChI=1S/C22H24N2/c1-4-21(24-5-2)12-19-8-6-7-17-9-10-18(13-22(17)19)20-11-16(3)14-23-15-20/h4-5,9-15H,6-8H2,1-3H3/b19-12+,21-4-,24-5?. The summed E-state index contributed by atoms with van der Waals surface area (Å²) in [6.07, 6.45) is 13.5. The normalized spacial score (nSPS) is 16.6. The molecule has 0 radical (unpaired) electrons. The number of pyridine rings is 1. The van der Waals surface area contributed by atoms with Gasteiger partial charge in [-0.25, -0.2) is 0 Å². The molecule has 0 N–H and O–H groups in total. The van der Waals surface area contributed by atoms with E-state index in [-0.39, 0.29) is 0 Å². The summed E-state index contributed by atoms with van der Waals surface area (Å²) in [5, 5.41) is 0. The first-order valence-corrected chi connectivity index (χ1v) is 8.62. The van der Waals surface area contributed by atoms with Gasteiger partial charge in [0.1, 0.15) is 0 Å². The summed E-state index contributed by atoms with van der Waals surface area (Å²) >= 11 is 0. The van der Waals surface area contributed by atoms with Crippen LogP contribution in [0, 0.1) is 6.92 Å². The third-order valence-electron chi connectivity index (χ3n) is 4.45. The molecule has 0 atom stereocenters. The topological polar surface area (TPSA) is 25.2 Å². The molecule has 1 aliphatic rings. The second-order valence-electron chi connectivity index (χ2n) is 6.25. The fourth-order valence-corrected chi connectivity index (χ4v) is 3.26. The molecular weight excluding hydrogens is 292 g/mol. The Balaban J connectivity index is 2.06. The lowest BCUT2D eigenvalue weighted by molar-refractivity contribution is 0.822. The molecule has 0 aliphatic heterocycles. The fourth-order valence-electron chi connectivity index (χ4n) is 3.26. The SMILES string of the molecule is CC=NC(=C\C)/C=C1\CCCc2ccc(-c3cncc(C)c3)cc21. The highest BCUT2D eigenvalue weighted by Crippen LogP contribution is 2.34. The van der Waals surface area contributed by atoms with E-state index in [0.717, 1.165) is 18.5 Å². The van der Waals surface area contributed by atoms with Gasteiger partial charge in [0.25, 0.3) is 0 Å². The highest BCUT2D eigenvalue weighted by atomic mass is 14.7. The Morgan fingerprint density at radius 1 is 1.08 bits per heavy atom. The first-order chi connectivity index (χ1) is 11.7. The highest BCUT2D eigenvalue weighted by Gasteiger charge is 2.15. The van der Waals surface area contributed by atoms with Crippen LogP contribution in [-0.2, 0) is 6.42 Å². The van der Waals surface area contributed by atoms with Gasteiger partial charge in [0, 0.05) is 24.2 Å². The number of aliphatic imine (C=N–C) groups is 1. The zero-order valence-electron chi connectivity index (χ0n) is 14.7. The minimum absolute atomic E-state index is 1.03. The molecule has 24 heavy (non-hydrogen) atoms. The molecule has 0 fully saturated rings. The second-order valence-corrected chi connectivity index (χ2v) is 6.25. The lowest BCUT2D eigenvalue weighted by Gasteiger charge is -2.20. The summed E-state index contributed by atoms with van der Waals surface area (Å²) in [6, 6.07) is 9.01. The number of allylic oxidation sites excluding steroid dienone is 3. The van der Waals surface area contributed by atoms with Crippen molar-refractivity contribution in [1.82, 2.24) is 4.98 Å². The van der Waals surface area contributed by atoms with Gasteiger partial charge < -0.3 is 0 Å². The van der Waals surface area contributed by atoms with E-state index in [2.05, 4.69) is 53.3 Å². The van der Waals surface area contributed by atoms with Crippen molar-refractivity contribution in [2.24, 2.45) is 4.99 Å². The van der Waals surface area contributed by atoms with Crippen molar-refractivity contribution in [3.05, 3.63) is 71.2 Å². The molecule has 0 unspecified atom stereocenters.